The highest BCUT2D eigenvalue weighted by molar-refractivity contribution is 5.47. The zero-order valence-corrected chi connectivity index (χ0v) is 12.0. The summed E-state index contributed by atoms with van der Waals surface area (Å²) in [4.78, 5) is 2.34. The highest BCUT2D eigenvalue weighted by Gasteiger charge is 2.21. The number of aryl methyl sites for hydroxylation is 1. The van der Waals surface area contributed by atoms with E-state index in [1.807, 2.05) is 7.05 Å². The predicted molar refractivity (Wildman–Crippen MR) is 78.2 cm³/mol. The van der Waals surface area contributed by atoms with Gasteiger partial charge in [-0.2, -0.15) is 0 Å². The Bertz CT molecular complexity index is 344. The third-order valence-electron chi connectivity index (χ3n) is 3.67. The molecule has 2 N–H and O–H groups in total. The second kappa shape index (κ2) is 6.76. The van der Waals surface area contributed by atoms with Crippen LogP contribution in [0.5, 0.6) is 0 Å². The second-order valence-electron chi connectivity index (χ2n) is 5.13. The van der Waals surface area contributed by atoms with E-state index in [1.165, 1.54) is 11.3 Å². The van der Waals surface area contributed by atoms with E-state index in [2.05, 4.69) is 55.3 Å². The van der Waals surface area contributed by atoms with Crippen LogP contribution in [0.1, 0.15) is 25.8 Å². The largest absolute Gasteiger partial charge is 0.394 e. The van der Waals surface area contributed by atoms with Crippen molar-refractivity contribution in [2.45, 2.75) is 32.7 Å². The van der Waals surface area contributed by atoms with Gasteiger partial charge >= 0.3 is 0 Å². The van der Waals surface area contributed by atoms with Gasteiger partial charge < -0.3 is 15.3 Å². The number of benzene rings is 1. The smallest absolute Gasteiger partial charge is 0.0611 e. The maximum atomic E-state index is 9.40. The molecule has 0 aliphatic rings. The van der Waals surface area contributed by atoms with Crippen molar-refractivity contribution in [3.05, 3.63) is 29.8 Å². The van der Waals surface area contributed by atoms with Crippen LogP contribution >= 0.6 is 0 Å². The Labute approximate surface area is 111 Å². The van der Waals surface area contributed by atoms with Crippen molar-refractivity contribution in [1.29, 1.82) is 0 Å². The molecule has 0 aliphatic heterocycles. The molecule has 102 valence electrons. The summed E-state index contributed by atoms with van der Waals surface area (Å²) >= 11 is 0. The van der Waals surface area contributed by atoms with Gasteiger partial charge in [-0.1, -0.05) is 17.7 Å². The SMILES string of the molecule is CCN(CCC(C)(CO)NC)c1ccc(C)cc1. The Kier molecular flexibility index (Phi) is 5.63. The molecule has 0 radical (unpaired) electrons. The Balaban J connectivity index is 2.65. The minimum Gasteiger partial charge on any atom is -0.394 e. The number of anilines is 1. The summed E-state index contributed by atoms with van der Waals surface area (Å²) in [5.41, 5.74) is 2.34. The molecule has 0 heterocycles. The molecule has 18 heavy (non-hydrogen) atoms. The van der Waals surface area contributed by atoms with Gasteiger partial charge in [0.25, 0.3) is 0 Å². The molecular weight excluding hydrogens is 224 g/mol. The molecule has 1 aromatic carbocycles. The van der Waals surface area contributed by atoms with Crippen LogP contribution in [0.4, 0.5) is 5.69 Å². The number of aliphatic hydroxyl groups excluding tert-OH is 1. The third-order valence-corrected chi connectivity index (χ3v) is 3.67. The number of rotatable bonds is 7. The average molecular weight is 250 g/mol. The van der Waals surface area contributed by atoms with E-state index < -0.39 is 0 Å². The first-order valence-electron chi connectivity index (χ1n) is 6.66. The maximum Gasteiger partial charge on any atom is 0.0611 e. The second-order valence-corrected chi connectivity index (χ2v) is 5.13. The topological polar surface area (TPSA) is 35.5 Å². The summed E-state index contributed by atoms with van der Waals surface area (Å²) in [7, 11) is 1.90. The van der Waals surface area contributed by atoms with Crippen LogP contribution in [0.15, 0.2) is 24.3 Å². The molecule has 0 saturated heterocycles. The van der Waals surface area contributed by atoms with E-state index in [0.717, 1.165) is 19.5 Å². The van der Waals surface area contributed by atoms with E-state index in [-0.39, 0.29) is 12.1 Å². The Morgan fingerprint density at radius 2 is 1.89 bits per heavy atom. The van der Waals surface area contributed by atoms with Gasteiger partial charge in [-0.15, -0.1) is 0 Å². The van der Waals surface area contributed by atoms with Crippen molar-refractivity contribution in [3.63, 3.8) is 0 Å². The minimum atomic E-state index is -0.196. The fraction of sp³-hybridized carbons (Fsp3) is 0.600. The number of likely N-dealkylation sites (N-methyl/N-ethyl adjacent to an activating group) is 1. The lowest BCUT2D eigenvalue weighted by Crippen LogP contribution is -2.46. The van der Waals surface area contributed by atoms with E-state index in [9.17, 15) is 5.11 Å². The molecule has 1 atom stereocenters. The van der Waals surface area contributed by atoms with E-state index >= 15 is 0 Å². The molecule has 3 heteroatoms. The fourth-order valence-corrected chi connectivity index (χ4v) is 1.89. The number of aliphatic hydroxyl groups is 1. The van der Waals surface area contributed by atoms with E-state index in [4.69, 9.17) is 0 Å². The third kappa shape index (κ3) is 4.00. The van der Waals surface area contributed by atoms with E-state index in [0.29, 0.717) is 0 Å². The molecule has 0 spiro atoms. The van der Waals surface area contributed by atoms with Crippen LogP contribution in [0, 0.1) is 6.92 Å². The summed E-state index contributed by atoms with van der Waals surface area (Å²) in [6.07, 6.45) is 0.918. The Morgan fingerprint density at radius 1 is 1.28 bits per heavy atom. The highest BCUT2D eigenvalue weighted by atomic mass is 16.3. The molecule has 3 nitrogen and oxygen atoms in total. The van der Waals surface area contributed by atoms with E-state index in [1.54, 1.807) is 0 Å². The fourth-order valence-electron chi connectivity index (χ4n) is 1.89. The zero-order chi connectivity index (χ0) is 13.6. The van der Waals surface area contributed by atoms with Gasteiger partial charge in [-0.25, -0.2) is 0 Å². The van der Waals surface area contributed by atoms with Crippen LogP contribution in [0.3, 0.4) is 0 Å². The number of nitrogens with one attached hydrogen (secondary N) is 1. The molecule has 0 fully saturated rings. The Hall–Kier alpha value is -1.06. The average Bonchev–Trinajstić information content (AvgIpc) is 2.41. The van der Waals surface area contributed by atoms with Crippen LogP contribution < -0.4 is 10.2 Å². The first kappa shape index (κ1) is 15.0. The van der Waals surface area contributed by atoms with Gasteiger partial charge in [0.15, 0.2) is 0 Å². The van der Waals surface area contributed by atoms with Gasteiger partial charge in [0.05, 0.1) is 6.61 Å². The molecule has 0 aromatic heterocycles. The molecule has 0 saturated carbocycles. The molecular formula is C15H26N2O. The van der Waals surface area contributed by atoms with Crippen LogP contribution in [0.25, 0.3) is 0 Å². The minimum absolute atomic E-state index is 0.162. The van der Waals surface area contributed by atoms with Gasteiger partial charge in [0, 0.05) is 24.3 Å². The standard InChI is InChI=1S/C15H26N2O/c1-5-17(11-10-15(3,12-18)16-4)14-8-6-13(2)7-9-14/h6-9,16,18H,5,10-12H2,1-4H3. The normalized spacial score (nSPS) is 14.3. The summed E-state index contributed by atoms with van der Waals surface area (Å²) in [5, 5.41) is 12.6. The van der Waals surface area contributed by atoms with Crippen LogP contribution in [0.2, 0.25) is 0 Å². The van der Waals surface area contributed by atoms with Crippen molar-refractivity contribution >= 4 is 5.69 Å². The monoisotopic (exact) mass is 250 g/mol. The quantitative estimate of drug-likeness (QED) is 0.778. The maximum absolute atomic E-state index is 9.40. The zero-order valence-electron chi connectivity index (χ0n) is 12.0. The summed E-state index contributed by atoms with van der Waals surface area (Å²) in [6.45, 7) is 8.40. The Morgan fingerprint density at radius 3 is 2.33 bits per heavy atom. The van der Waals surface area contributed by atoms with Crippen molar-refractivity contribution in [2.75, 3.05) is 31.6 Å². The summed E-state index contributed by atoms with van der Waals surface area (Å²) < 4.78 is 0. The van der Waals surface area contributed by atoms with Gasteiger partial charge in [0.2, 0.25) is 0 Å². The lowest BCUT2D eigenvalue weighted by atomic mass is 9.99. The number of nitrogens with zero attached hydrogens (tertiary/aromatic N) is 1. The molecule has 0 bridgehead atoms. The first-order valence-corrected chi connectivity index (χ1v) is 6.66. The van der Waals surface area contributed by atoms with Crippen molar-refractivity contribution in [1.82, 2.24) is 5.32 Å². The first-order chi connectivity index (χ1) is 8.54. The number of hydrogen-bond acceptors (Lipinski definition) is 3. The lowest BCUT2D eigenvalue weighted by Gasteiger charge is -2.31. The molecule has 1 unspecified atom stereocenters. The number of hydrogen-bond donors (Lipinski definition) is 2. The molecule has 1 aromatic rings. The van der Waals surface area contributed by atoms with Crippen molar-refractivity contribution < 1.29 is 5.11 Å². The lowest BCUT2D eigenvalue weighted by molar-refractivity contribution is 0.175. The molecule has 0 aliphatic carbocycles. The summed E-state index contributed by atoms with van der Waals surface area (Å²) in [5.74, 6) is 0. The predicted octanol–water partition coefficient (Wildman–Crippen LogP) is 2.18. The summed E-state index contributed by atoms with van der Waals surface area (Å²) in [6, 6.07) is 8.60. The van der Waals surface area contributed by atoms with Crippen LogP contribution in [-0.2, 0) is 0 Å². The van der Waals surface area contributed by atoms with Gasteiger partial charge in [-0.05, 0) is 46.4 Å². The van der Waals surface area contributed by atoms with Gasteiger partial charge in [0.1, 0.15) is 0 Å². The molecule has 0 amide bonds. The van der Waals surface area contributed by atoms with Crippen molar-refractivity contribution in [2.24, 2.45) is 0 Å². The van der Waals surface area contributed by atoms with Gasteiger partial charge in [-0.3, -0.25) is 0 Å². The highest BCUT2D eigenvalue weighted by Crippen LogP contribution is 2.17. The van der Waals surface area contributed by atoms with Crippen LogP contribution in [-0.4, -0.2) is 37.4 Å². The molecule has 1 rings (SSSR count). The van der Waals surface area contributed by atoms with Crippen molar-refractivity contribution in [3.8, 4) is 0 Å².